The van der Waals surface area contributed by atoms with Gasteiger partial charge < -0.3 is 219 Å². The van der Waals surface area contributed by atoms with E-state index in [2.05, 4.69) is 26.6 Å². The minimum atomic E-state index is -2.28. The number of aliphatic hydroxyl groups is 22. The standard InChI is InChI=1S/C64H107N5O44/c1-15-34(81)45(92)47(94)61(98-15)112-54-52(110-58-29(65-17(3)76)42(89)36(83)22(8-70)102-58)39(86)25(11-73)104-63(54)107-49-27(13-75)106-60(31(44(49)91)67-19(5)78)108-51-33(69-21(7)80)57(101-24(10-72)38(51)85)97-14-28-41(88)50(32(56(96)100-28)68-20(6)79)109-64-55(113-62-48(95)46(93)35(82)16(2)99-62)53(40(87)26(12-74)105-64)111-59-30(66-18(4)77)43(90)37(84)23(9-71)103-59/h15-16,22-64,70-75,81-96H,8-14H2,1-7H3,(H,65,76)(H,66,77)(H,67,78)(H,68,79)(H,69,80)/t15-,16-,22+,23+,24+,25+,26+,27+,28+,29+,30+,31+,32+,33+,34+,35+,36-,37-,38+,39-,40-,41-,42+,43+,44+,45+,46+,47-,48-,49+,50+,51+,52-,53-,54+,55+,56?,57+,58+,59+,60-,61-,62-,63-,64-/m0/s1. The molecule has 652 valence electrons. The van der Waals surface area contributed by atoms with Gasteiger partial charge in [-0.2, -0.15) is 0 Å². The number of hydrogen-bond acceptors (Lipinski definition) is 44. The van der Waals surface area contributed by atoms with Crippen LogP contribution in [-0.4, -0.2) is 464 Å². The van der Waals surface area contributed by atoms with E-state index in [1.54, 1.807) is 0 Å². The second kappa shape index (κ2) is 40.2. The third kappa shape index (κ3) is 20.8. The lowest BCUT2D eigenvalue weighted by Crippen LogP contribution is -2.71. The van der Waals surface area contributed by atoms with Gasteiger partial charge in [0, 0.05) is 34.6 Å². The lowest BCUT2D eigenvalue weighted by molar-refractivity contribution is -0.400. The van der Waals surface area contributed by atoms with Crippen LogP contribution >= 0.6 is 0 Å². The molecule has 0 saturated carbocycles. The third-order valence-corrected chi connectivity index (χ3v) is 20.7. The molecule has 49 heteroatoms. The Morgan fingerprint density at radius 1 is 0.248 bits per heavy atom. The Balaban J connectivity index is 1.01. The number of rotatable bonds is 28. The van der Waals surface area contributed by atoms with Gasteiger partial charge in [0.25, 0.3) is 0 Å². The zero-order valence-electron chi connectivity index (χ0n) is 61.8. The molecule has 9 aliphatic rings. The smallest absolute Gasteiger partial charge is 0.217 e. The van der Waals surface area contributed by atoms with Crippen LogP contribution < -0.4 is 26.6 Å². The average Bonchev–Trinajstić information content (AvgIpc) is 0.750. The van der Waals surface area contributed by atoms with E-state index in [0.29, 0.717) is 0 Å². The normalized spacial score (nSPS) is 48.5. The fourth-order valence-corrected chi connectivity index (χ4v) is 14.7. The van der Waals surface area contributed by atoms with Crippen molar-refractivity contribution >= 4 is 29.5 Å². The summed E-state index contributed by atoms with van der Waals surface area (Å²) < 4.78 is 103. The number of aliphatic hydroxyl groups excluding tert-OH is 22. The first-order chi connectivity index (χ1) is 53.3. The Kier molecular flexibility index (Phi) is 33.0. The Morgan fingerprint density at radius 3 is 0.920 bits per heavy atom. The van der Waals surface area contributed by atoms with E-state index in [9.17, 15) is 136 Å². The number of ether oxygens (including phenoxy) is 17. The molecule has 45 atom stereocenters. The van der Waals surface area contributed by atoms with Gasteiger partial charge in [-0.3, -0.25) is 24.0 Å². The first-order valence-corrected chi connectivity index (χ1v) is 36.3. The fourth-order valence-electron chi connectivity index (χ4n) is 14.7. The highest BCUT2D eigenvalue weighted by Gasteiger charge is 2.62. The number of hydrogen-bond donors (Lipinski definition) is 27. The van der Waals surface area contributed by atoms with Gasteiger partial charge in [-0.1, -0.05) is 0 Å². The van der Waals surface area contributed by atoms with Crippen molar-refractivity contribution in [2.24, 2.45) is 0 Å². The predicted molar refractivity (Wildman–Crippen MR) is 352 cm³/mol. The van der Waals surface area contributed by atoms with Crippen molar-refractivity contribution in [3.63, 3.8) is 0 Å². The minimum Gasteiger partial charge on any atom is -0.394 e. The van der Waals surface area contributed by atoms with E-state index >= 15 is 0 Å². The maximum atomic E-state index is 13.3. The lowest BCUT2D eigenvalue weighted by atomic mass is 9.93. The zero-order chi connectivity index (χ0) is 83.4. The molecule has 5 amide bonds. The molecule has 0 aromatic rings. The molecule has 0 aromatic heterocycles. The molecule has 113 heavy (non-hydrogen) atoms. The molecule has 9 fully saturated rings. The molecular weight excluding hydrogens is 1540 g/mol. The Hall–Kier alpha value is -4.21. The molecule has 0 radical (unpaired) electrons. The zero-order valence-corrected chi connectivity index (χ0v) is 61.8. The molecule has 0 aromatic carbocycles. The van der Waals surface area contributed by atoms with Crippen LogP contribution in [0.2, 0.25) is 0 Å². The number of amides is 5. The fraction of sp³-hybridized carbons (Fsp3) is 0.922. The minimum absolute atomic E-state index is 0.834. The maximum Gasteiger partial charge on any atom is 0.217 e. The van der Waals surface area contributed by atoms with Gasteiger partial charge in [-0.05, 0) is 13.8 Å². The van der Waals surface area contributed by atoms with Crippen LogP contribution in [0.3, 0.4) is 0 Å². The first-order valence-electron chi connectivity index (χ1n) is 36.3. The summed E-state index contributed by atoms with van der Waals surface area (Å²) in [6.07, 6.45) is -79.6. The van der Waals surface area contributed by atoms with Crippen molar-refractivity contribution in [1.29, 1.82) is 0 Å². The van der Waals surface area contributed by atoms with Crippen molar-refractivity contribution in [2.45, 2.75) is 325 Å². The summed E-state index contributed by atoms with van der Waals surface area (Å²) in [7, 11) is 0. The van der Waals surface area contributed by atoms with Crippen molar-refractivity contribution in [3.05, 3.63) is 0 Å². The topological polar surface area (TPSA) is 747 Å². The van der Waals surface area contributed by atoms with Crippen LogP contribution in [0.4, 0.5) is 0 Å². The van der Waals surface area contributed by atoms with Gasteiger partial charge in [0.1, 0.15) is 207 Å². The molecule has 0 bridgehead atoms. The largest absolute Gasteiger partial charge is 0.394 e. The summed E-state index contributed by atoms with van der Waals surface area (Å²) in [6, 6.07) is -9.23. The molecule has 49 nitrogen and oxygen atoms in total. The summed E-state index contributed by atoms with van der Waals surface area (Å²) in [4.78, 5) is 64.5. The van der Waals surface area contributed by atoms with E-state index in [4.69, 9.17) is 80.5 Å². The van der Waals surface area contributed by atoms with E-state index in [1.807, 2.05) is 0 Å². The highest BCUT2D eigenvalue weighted by Crippen LogP contribution is 2.41. The Bertz CT molecular complexity index is 3060. The summed E-state index contributed by atoms with van der Waals surface area (Å²) >= 11 is 0. The summed E-state index contributed by atoms with van der Waals surface area (Å²) in [5, 5.41) is 258. The number of nitrogens with one attached hydrogen (secondary N) is 5. The molecule has 1 unspecified atom stereocenters. The third-order valence-electron chi connectivity index (χ3n) is 20.7. The van der Waals surface area contributed by atoms with Gasteiger partial charge in [0.05, 0.1) is 58.5 Å². The average molecular weight is 1650 g/mol. The lowest BCUT2D eigenvalue weighted by Gasteiger charge is -2.52. The van der Waals surface area contributed by atoms with Crippen molar-refractivity contribution in [3.8, 4) is 0 Å². The molecule has 27 N–H and O–H groups in total. The molecule has 9 heterocycles. The van der Waals surface area contributed by atoms with Crippen LogP contribution in [0.1, 0.15) is 48.5 Å². The van der Waals surface area contributed by atoms with Crippen LogP contribution in [0.5, 0.6) is 0 Å². The number of carbonyl (C=O) groups is 5. The van der Waals surface area contributed by atoms with Crippen molar-refractivity contribution in [1.82, 2.24) is 26.6 Å². The van der Waals surface area contributed by atoms with Gasteiger partial charge in [-0.25, -0.2) is 0 Å². The molecule has 9 saturated heterocycles. The van der Waals surface area contributed by atoms with Crippen LogP contribution in [0, 0.1) is 0 Å². The van der Waals surface area contributed by atoms with E-state index in [0.717, 1.165) is 34.6 Å². The van der Waals surface area contributed by atoms with Crippen LogP contribution in [0.25, 0.3) is 0 Å². The highest BCUT2D eigenvalue weighted by molar-refractivity contribution is 5.75. The monoisotopic (exact) mass is 1650 g/mol. The van der Waals surface area contributed by atoms with Gasteiger partial charge in [-0.15, -0.1) is 0 Å². The maximum absolute atomic E-state index is 13.3. The second-order valence-corrected chi connectivity index (χ2v) is 28.9. The van der Waals surface area contributed by atoms with Crippen molar-refractivity contribution < 1.29 is 217 Å². The molecule has 0 aliphatic carbocycles. The molecular formula is C64H107N5O44. The van der Waals surface area contributed by atoms with E-state index < -0.39 is 352 Å². The van der Waals surface area contributed by atoms with Gasteiger partial charge in [0.15, 0.2) is 56.6 Å². The van der Waals surface area contributed by atoms with E-state index in [-0.39, 0.29) is 0 Å². The molecule has 9 aliphatic heterocycles. The quantitative estimate of drug-likeness (QED) is 0.0346. The molecule has 0 spiro atoms. The van der Waals surface area contributed by atoms with Gasteiger partial charge >= 0.3 is 0 Å². The summed E-state index contributed by atoms with van der Waals surface area (Å²) in [6.45, 7) is -0.152. The summed E-state index contributed by atoms with van der Waals surface area (Å²) in [5.74, 6) is -4.48. The van der Waals surface area contributed by atoms with Crippen LogP contribution in [0.15, 0.2) is 0 Å². The van der Waals surface area contributed by atoms with Gasteiger partial charge in [0.2, 0.25) is 29.5 Å². The molecule has 9 rings (SSSR count). The first kappa shape index (κ1) is 92.7. The highest BCUT2D eigenvalue weighted by atomic mass is 16.8. The second-order valence-electron chi connectivity index (χ2n) is 28.9. The van der Waals surface area contributed by atoms with Crippen LogP contribution in [-0.2, 0) is 104 Å². The predicted octanol–water partition coefficient (Wildman–Crippen LogP) is -17.9. The van der Waals surface area contributed by atoms with E-state index in [1.165, 1.54) is 13.8 Å². The Labute approximate surface area is 642 Å². The van der Waals surface area contributed by atoms with Crippen molar-refractivity contribution in [2.75, 3.05) is 46.2 Å². The SMILES string of the molecule is CC(=O)N[C@H]1[C@H](O[C@H]2[C@H](O)[C@@H](CO)O[C@@H](OC[C@H]3OC(O)[C@H](NC(C)=O)[C@@H](O[C@@H]4O[C@H](CO)[C@H](O)[C@H](O[C@H]5O[C@H](CO)[C@H](O)[C@H](O)[C@H]5NC(C)=O)[C@H]4O[C@@H]4O[C@@H](C)[C@@H](O)[C@@H](O)[C@@H]4O)[C@H]3O)[C@@H]2NC(C)=O)O[C@H](CO)[C@@H](O[C@@H]2O[C@H](CO)[C@H](O)[C@H](O[C@H]3O[C@H](CO)[C@H](O)[C@H](O)[C@H]3NC(C)=O)[C@H]2O[C@@H]2O[C@@H](C)[C@@H](O)[C@@H](O)[C@@H]2O)[C@@H]1O. The number of carbonyl (C=O) groups excluding carboxylic acids is 5. The Morgan fingerprint density at radius 2 is 0.531 bits per heavy atom. The summed E-state index contributed by atoms with van der Waals surface area (Å²) in [5.41, 5.74) is 0.